The molecule has 0 radical (unpaired) electrons. The Bertz CT molecular complexity index is 930. The van der Waals surface area contributed by atoms with Crippen LogP contribution in [0.5, 0.6) is 17.2 Å². The molecule has 0 fully saturated rings. The van der Waals surface area contributed by atoms with Crippen LogP contribution < -0.4 is 14.2 Å². The van der Waals surface area contributed by atoms with Gasteiger partial charge in [0, 0.05) is 25.8 Å². The molecule has 152 valence electrons. The summed E-state index contributed by atoms with van der Waals surface area (Å²) in [5, 5.41) is 0.485. The van der Waals surface area contributed by atoms with Gasteiger partial charge < -0.3 is 18.9 Å². The van der Waals surface area contributed by atoms with E-state index in [1.165, 1.54) is 0 Å². The van der Waals surface area contributed by atoms with Crippen molar-refractivity contribution < 1.29 is 38.1 Å². The molecule has 0 heterocycles. The van der Waals surface area contributed by atoms with Gasteiger partial charge in [0.1, 0.15) is 6.61 Å². The Labute approximate surface area is 171 Å². The van der Waals surface area contributed by atoms with Gasteiger partial charge in [-0.3, -0.25) is 14.4 Å². The van der Waals surface area contributed by atoms with Crippen molar-refractivity contribution >= 4 is 35.5 Å². The highest BCUT2D eigenvalue weighted by molar-refractivity contribution is 6.30. The van der Waals surface area contributed by atoms with Gasteiger partial charge in [-0.15, -0.1) is 0 Å². The van der Waals surface area contributed by atoms with E-state index >= 15 is 0 Å². The van der Waals surface area contributed by atoms with Gasteiger partial charge >= 0.3 is 23.9 Å². The van der Waals surface area contributed by atoms with E-state index in [-0.39, 0.29) is 29.4 Å². The molecular weight excluding hydrogens is 404 g/mol. The lowest BCUT2D eigenvalue weighted by Crippen LogP contribution is -2.13. The molecule has 0 spiro atoms. The van der Waals surface area contributed by atoms with Crippen molar-refractivity contribution in [3.05, 3.63) is 52.5 Å². The maximum Gasteiger partial charge on any atom is 0.338 e. The number of esters is 4. The lowest BCUT2D eigenvalue weighted by molar-refractivity contribution is -0.135. The number of carbonyl (C=O) groups excluding carboxylic acids is 4. The van der Waals surface area contributed by atoms with E-state index in [0.717, 1.165) is 32.9 Å². The summed E-state index contributed by atoms with van der Waals surface area (Å²) < 4.78 is 20.2. The van der Waals surface area contributed by atoms with Crippen molar-refractivity contribution in [1.29, 1.82) is 0 Å². The monoisotopic (exact) mass is 420 g/mol. The van der Waals surface area contributed by atoms with Gasteiger partial charge in [0.05, 0.1) is 5.56 Å². The first-order valence-corrected chi connectivity index (χ1v) is 8.68. The van der Waals surface area contributed by atoms with E-state index in [9.17, 15) is 19.2 Å². The van der Waals surface area contributed by atoms with Crippen LogP contribution >= 0.6 is 11.6 Å². The molecule has 0 aliphatic rings. The normalized spacial score (nSPS) is 10.1. The lowest BCUT2D eigenvalue weighted by atomic mass is 10.1. The quantitative estimate of drug-likeness (QED) is 0.516. The Balaban J connectivity index is 2.38. The summed E-state index contributed by atoms with van der Waals surface area (Å²) in [6.45, 7) is 3.28. The summed E-state index contributed by atoms with van der Waals surface area (Å²) in [5.41, 5.74) is 0.568. The largest absolute Gasteiger partial charge is 0.457 e. The maximum absolute atomic E-state index is 12.5. The molecule has 0 unspecified atom stereocenters. The molecule has 0 aliphatic carbocycles. The highest BCUT2D eigenvalue weighted by Gasteiger charge is 2.23. The third-order valence-corrected chi connectivity index (χ3v) is 3.50. The van der Waals surface area contributed by atoms with Crippen molar-refractivity contribution in [3.8, 4) is 17.2 Å². The van der Waals surface area contributed by atoms with Crippen molar-refractivity contribution in [2.45, 2.75) is 27.4 Å². The molecule has 0 saturated heterocycles. The van der Waals surface area contributed by atoms with Crippen LogP contribution in [0.25, 0.3) is 0 Å². The fourth-order valence-electron chi connectivity index (χ4n) is 2.26. The Morgan fingerprint density at radius 2 is 1.38 bits per heavy atom. The third-order valence-electron chi connectivity index (χ3n) is 3.27. The number of hydrogen-bond donors (Lipinski definition) is 0. The molecular formula is C20H17ClO8. The summed E-state index contributed by atoms with van der Waals surface area (Å²) in [6, 6.07) is 9.03. The zero-order valence-electron chi connectivity index (χ0n) is 15.8. The molecule has 0 atom stereocenters. The second-order valence-electron chi connectivity index (χ2n) is 5.79. The van der Waals surface area contributed by atoms with Crippen LogP contribution in [0, 0.1) is 0 Å². The van der Waals surface area contributed by atoms with Gasteiger partial charge in [0.2, 0.25) is 5.75 Å². The standard InChI is InChI=1S/C20H17ClO8/c1-11(22)27-17-8-15(9-18(28-12(2)23)19(17)29-13(3)24)20(25)26-10-14-5-4-6-16(21)7-14/h4-9H,10H2,1-3H3. The minimum Gasteiger partial charge on any atom is -0.457 e. The fourth-order valence-corrected chi connectivity index (χ4v) is 2.47. The minimum atomic E-state index is -0.791. The molecule has 2 aromatic rings. The molecule has 0 saturated carbocycles. The zero-order valence-corrected chi connectivity index (χ0v) is 16.6. The minimum absolute atomic E-state index is 0.0725. The van der Waals surface area contributed by atoms with Crippen molar-refractivity contribution in [1.82, 2.24) is 0 Å². The Morgan fingerprint density at radius 3 is 1.86 bits per heavy atom. The number of benzene rings is 2. The summed E-state index contributed by atoms with van der Waals surface area (Å²) in [4.78, 5) is 46.7. The number of carbonyl (C=O) groups is 4. The number of halogens is 1. The first kappa shape index (κ1) is 21.9. The van der Waals surface area contributed by atoms with Gasteiger partial charge in [-0.2, -0.15) is 0 Å². The number of hydrogen-bond acceptors (Lipinski definition) is 8. The van der Waals surface area contributed by atoms with Crippen LogP contribution in [0.3, 0.4) is 0 Å². The summed E-state index contributed by atoms with van der Waals surface area (Å²) >= 11 is 5.90. The Morgan fingerprint density at radius 1 is 0.828 bits per heavy atom. The van der Waals surface area contributed by atoms with E-state index < -0.39 is 23.9 Å². The molecule has 2 rings (SSSR count). The molecule has 0 aliphatic heterocycles. The maximum atomic E-state index is 12.5. The van der Waals surface area contributed by atoms with E-state index in [1.807, 2.05) is 0 Å². The SMILES string of the molecule is CC(=O)Oc1cc(C(=O)OCc2cccc(Cl)c2)cc(OC(C)=O)c1OC(C)=O. The van der Waals surface area contributed by atoms with E-state index in [1.54, 1.807) is 24.3 Å². The Hall–Kier alpha value is -3.39. The van der Waals surface area contributed by atoms with E-state index in [4.69, 9.17) is 30.5 Å². The first-order valence-electron chi connectivity index (χ1n) is 8.30. The van der Waals surface area contributed by atoms with Crippen LogP contribution in [0.1, 0.15) is 36.7 Å². The predicted molar refractivity (Wildman–Crippen MR) is 101 cm³/mol. The molecule has 9 heteroatoms. The van der Waals surface area contributed by atoms with Crippen molar-refractivity contribution in [3.63, 3.8) is 0 Å². The molecule has 8 nitrogen and oxygen atoms in total. The van der Waals surface area contributed by atoms with Crippen LogP contribution in [0.15, 0.2) is 36.4 Å². The van der Waals surface area contributed by atoms with Gasteiger partial charge in [-0.25, -0.2) is 4.79 Å². The highest BCUT2D eigenvalue weighted by Crippen LogP contribution is 2.39. The third kappa shape index (κ3) is 6.62. The number of rotatable bonds is 6. The fraction of sp³-hybridized carbons (Fsp3) is 0.200. The highest BCUT2D eigenvalue weighted by atomic mass is 35.5. The first-order chi connectivity index (χ1) is 13.7. The molecule has 0 amide bonds. The zero-order chi connectivity index (χ0) is 21.6. The summed E-state index contributed by atoms with van der Waals surface area (Å²) in [5.74, 6) is -3.88. The molecule has 2 aromatic carbocycles. The second-order valence-corrected chi connectivity index (χ2v) is 6.23. The van der Waals surface area contributed by atoms with Crippen LogP contribution in [0.4, 0.5) is 0 Å². The average Bonchev–Trinajstić information content (AvgIpc) is 2.61. The summed E-state index contributed by atoms with van der Waals surface area (Å²) in [6.07, 6.45) is 0. The van der Waals surface area contributed by atoms with E-state index in [2.05, 4.69) is 0 Å². The van der Waals surface area contributed by atoms with Crippen LogP contribution in [0.2, 0.25) is 5.02 Å². The second kappa shape index (κ2) is 9.70. The summed E-state index contributed by atoms with van der Waals surface area (Å²) in [7, 11) is 0. The Kier molecular flexibility index (Phi) is 7.33. The molecule has 0 aromatic heterocycles. The molecule has 29 heavy (non-hydrogen) atoms. The van der Waals surface area contributed by atoms with E-state index in [0.29, 0.717) is 10.6 Å². The lowest BCUT2D eigenvalue weighted by Gasteiger charge is -2.14. The van der Waals surface area contributed by atoms with Crippen LogP contribution in [-0.2, 0) is 25.7 Å². The van der Waals surface area contributed by atoms with Crippen molar-refractivity contribution in [2.24, 2.45) is 0 Å². The molecule has 0 N–H and O–H groups in total. The van der Waals surface area contributed by atoms with Gasteiger partial charge in [0.25, 0.3) is 0 Å². The smallest absolute Gasteiger partial charge is 0.338 e. The molecule has 0 bridgehead atoms. The van der Waals surface area contributed by atoms with Gasteiger partial charge in [-0.1, -0.05) is 23.7 Å². The predicted octanol–water partition coefficient (Wildman–Crippen LogP) is 3.47. The average molecular weight is 421 g/mol. The van der Waals surface area contributed by atoms with Gasteiger partial charge in [-0.05, 0) is 29.8 Å². The number of ether oxygens (including phenoxy) is 4. The van der Waals surface area contributed by atoms with Crippen molar-refractivity contribution in [2.75, 3.05) is 0 Å². The van der Waals surface area contributed by atoms with Gasteiger partial charge in [0.15, 0.2) is 11.5 Å². The van der Waals surface area contributed by atoms with Crippen LogP contribution in [-0.4, -0.2) is 23.9 Å². The topological polar surface area (TPSA) is 105 Å².